The predicted octanol–water partition coefficient (Wildman–Crippen LogP) is 2.72. The Morgan fingerprint density at radius 3 is 2.41 bits per heavy atom. The molecule has 0 aromatic heterocycles. The number of aliphatic hydroxyl groups excluding tert-OH is 1. The lowest BCUT2D eigenvalue weighted by Crippen LogP contribution is -2.01. The lowest BCUT2D eigenvalue weighted by Gasteiger charge is -2.06. The van der Waals surface area contributed by atoms with Crippen LogP contribution < -0.4 is 5.32 Å². The van der Waals surface area contributed by atoms with Crippen LogP contribution in [-0.2, 0) is 6.42 Å². The molecule has 0 unspecified atom stereocenters. The highest BCUT2D eigenvalue weighted by Gasteiger charge is 1.94. The molecule has 1 aromatic carbocycles. The van der Waals surface area contributed by atoms with Crippen molar-refractivity contribution in [3.05, 3.63) is 29.8 Å². The van der Waals surface area contributed by atoms with E-state index < -0.39 is 0 Å². The molecule has 0 aliphatic heterocycles. The van der Waals surface area contributed by atoms with E-state index in [4.69, 9.17) is 10.4 Å². The van der Waals surface area contributed by atoms with E-state index in [2.05, 4.69) is 11.4 Å². The van der Waals surface area contributed by atoms with Crippen molar-refractivity contribution in [2.45, 2.75) is 32.1 Å². The fourth-order valence-electron chi connectivity index (χ4n) is 1.65. The molecule has 3 nitrogen and oxygen atoms in total. The first-order valence-corrected chi connectivity index (χ1v) is 6.17. The summed E-state index contributed by atoms with van der Waals surface area (Å²) in [7, 11) is 0. The van der Waals surface area contributed by atoms with Gasteiger partial charge in [0.1, 0.15) is 0 Å². The first kappa shape index (κ1) is 13.5. The summed E-state index contributed by atoms with van der Waals surface area (Å²) >= 11 is 0. The largest absolute Gasteiger partial charge is 0.396 e. The zero-order valence-electron chi connectivity index (χ0n) is 10.2. The molecule has 3 heteroatoms. The summed E-state index contributed by atoms with van der Waals surface area (Å²) in [5.41, 5.74) is 2.16. The van der Waals surface area contributed by atoms with E-state index in [9.17, 15) is 0 Å². The number of unbranched alkanes of at least 4 members (excludes halogenated alkanes) is 3. The zero-order valence-corrected chi connectivity index (χ0v) is 10.2. The summed E-state index contributed by atoms with van der Waals surface area (Å²) in [6, 6.07) is 10.1. The van der Waals surface area contributed by atoms with E-state index in [-0.39, 0.29) is 0 Å². The molecule has 2 N–H and O–H groups in total. The molecule has 17 heavy (non-hydrogen) atoms. The van der Waals surface area contributed by atoms with E-state index in [1.807, 2.05) is 24.3 Å². The number of rotatable bonds is 8. The van der Waals surface area contributed by atoms with E-state index in [1.165, 1.54) is 0 Å². The number of benzene rings is 1. The summed E-state index contributed by atoms with van der Waals surface area (Å²) < 4.78 is 0. The molecule has 0 amide bonds. The van der Waals surface area contributed by atoms with Crippen LogP contribution >= 0.6 is 0 Å². The standard InChI is InChI=1S/C14H20N2O/c15-10-9-13-5-7-14(8-6-13)16-11-3-1-2-4-12-17/h5-8,16-17H,1-4,9,11-12H2. The number of hydrogen-bond acceptors (Lipinski definition) is 3. The highest BCUT2D eigenvalue weighted by Crippen LogP contribution is 2.10. The van der Waals surface area contributed by atoms with Gasteiger partial charge in [-0.3, -0.25) is 0 Å². The Labute approximate surface area is 103 Å². The molecule has 0 atom stereocenters. The Hall–Kier alpha value is -1.53. The van der Waals surface area contributed by atoms with Crippen molar-refractivity contribution in [1.29, 1.82) is 5.26 Å². The Bertz CT molecular complexity index is 340. The van der Waals surface area contributed by atoms with Crippen LogP contribution in [-0.4, -0.2) is 18.3 Å². The fourth-order valence-corrected chi connectivity index (χ4v) is 1.65. The van der Waals surface area contributed by atoms with Gasteiger partial charge < -0.3 is 10.4 Å². The maximum absolute atomic E-state index is 8.63. The third-order valence-corrected chi connectivity index (χ3v) is 2.65. The van der Waals surface area contributed by atoms with Crippen molar-refractivity contribution in [2.24, 2.45) is 0 Å². The van der Waals surface area contributed by atoms with Crippen molar-refractivity contribution in [2.75, 3.05) is 18.5 Å². The highest BCUT2D eigenvalue weighted by molar-refractivity contribution is 5.44. The smallest absolute Gasteiger partial charge is 0.0669 e. The van der Waals surface area contributed by atoms with Gasteiger partial charge >= 0.3 is 0 Å². The lowest BCUT2D eigenvalue weighted by molar-refractivity contribution is 0.283. The molecule has 0 spiro atoms. The maximum atomic E-state index is 8.63. The van der Waals surface area contributed by atoms with Gasteiger partial charge in [-0.15, -0.1) is 0 Å². The average molecular weight is 232 g/mol. The molecule has 1 aromatic rings. The van der Waals surface area contributed by atoms with Crippen LogP contribution in [0.15, 0.2) is 24.3 Å². The number of hydrogen-bond donors (Lipinski definition) is 2. The summed E-state index contributed by atoms with van der Waals surface area (Å²) in [6.45, 7) is 1.26. The second-order valence-corrected chi connectivity index (χ2v) is 4.10. The molecular formula is C14H20N2O. The topological polar surface area (TPSA) is 56.0 Å². The lowest BCUT2D eigenvalue weighted by atomic mass is 10.1. The number of anilines is 1. The molecule has 0 bridgehead atoms. The van der Waals surface area contributed by atoms with Gasteiger partial charge in [-0.1, -0.05) is 25.0 Å². The molecule has 0 radical (unpaired) electrons. The van der Waals surface area contributed by atoms with Crippen LogP contribution in [0.4, 0.5) is 5.69 Å². The van der Waals surface area contributed by atoms with Crippen molar-refractivity contribution < 1.29 is 5.11 Å². The average Bonchev–Trinajstić information content (AvgIpc) is 2.36. The van der Waals surface area contributed by atoms with Gasteiger partial charge in [-0.2, -0.15) is 5.26 Å². The number of nitrogens with one attached hydrogen (secondary N) is 1. The molecule has 0 saturated heterocycles. The van der Waals surface area contributed by atoms with Crippen molar-refractivity contribution in [1.82, 2.24) is 0 Å². The predicted molar refractivity (Wildman–Crippen MR) is 69.8 cm³/mol. The van der Waals surface area contributed by atoms with Crippen molar-refractivity contribution in [3.63, 3.8) is 0 Å². The Balaban J connectivity index is 2.17. The van der Waals surface area contributed by atoms with Crippen LogP contribution in [0.5, 0.6) is 0 Å². The maximum Gasteiger partial charge on any atom is 0.0669 e. The van der Waals surface area contributed by atoms with Gasteiger partial charge in [0.15, 0.2) is 0 Å². The van der Waals surface area contributed by atoms with Crippen LogP contribution in [0, 0.1) is 11.3 Å². The third-order valence-electron chi connectivity index (χ3n) is 2.65. The van der Waals surface area contributed by atoms with Gasteiger partial charge in [-0.05, 0) is 30.5 Å². The minimum atomic E-state index is 0.299. The van der Waals surface area contributed by atoms with Gasteiger partial charge in [-0.25, -0.2) is 0 Å². The number of aliphatic hydroxyl groups is 1. The number of nitriles is 1. The normalized spacial score (nSPS) is 9.88. The Morgan fingerprint density at radius 2 is 1.76 bits per heavy atom. The minimum absolute atomic E-state index is 0.299. The minimum Gasteiger partial charge on any atom is -0.396 e. The van der Waals surface area contributed by atoms with Gasteiger partial charge in [0.05, 0.1) is 12.5 Å². The van der Waals surface area contributed by atoms with E-state index >= 15 is 0 Å². The van der Waals surface area contributed by atoms with Crippen LogP contribution in [0.3, 0.4) is 0 Å². The Kier molecular flexibility index (Phi) is 6.85. The summed E-state index contributed by atoms with van der Waals surface area (Å²) in [4.78, 5) is 0. The number of nitrogens with zero attached hydrogens (tertiary/aromatic N) is 1. The van der Waals surface area contributed by atoms with Gasteiger partial charge in [0.2, 0.25) is 0 Å². The molecule has 0 heterocycles. The van der Waals surface area contributed by atoms with Gasteiger partial charge in [0, 0.05) is 18.8 Å². The molecular weight excluding hydrogens is 212 g/mol. The summed E-state index contributed by atoms with van der Waals surface area (Å²) in [5, 5.41) is 20.5. The molecule has 0 fully saturated rings. The third kappa shape index (κ3) is 5.94. The van der Waals surface area contributed by atoms with Gasteiger partial charge in [0.25, 0.3) is 0 Å². The first-order valence-electron chi connectivity index (χ1n) is 6.17. The first-order chi connectivity index (χ1) is 8.36. The second-order valence-electron chi connectivity index (χ2n) is 4.10. The summed E-state index contributed by atoms with van der Waals surface area (Å²) in [6.07, 6.45) is 4.75. The zero-order chi connectivity index (χ0) is 12.3. The van der Waals surface area contributed by atoms with Crippen molar-refractivity contribution >= 4 is 5.69 Å². The fraction of sp³-hybridized carbons (Fsp3) is 0.500. The molecule has 1 rings (SSSR count). The van der Waals surface area contributed by atoms with Crippen LogP contribution in [0.2, 0.25) is 0 Å². The quantitative estimate of drug-likeness (QED) is 0.677. The highest BCUT2D eigenvalue weighted by atomic mass is 16.2. The SMILES string of the molecule is N#CCc1ccc(NCCCCCCO)cc1. The molecule has 0 saturated carbocycles. The van der Waals surface area contributed by atoms with E-state index in [0.29, 0.717) is 13.0 Å². The molecule has 0 aliphatic carbocycles. The molecule has 0 aliphatic rings. The summed E-state index contributed by atoms with van der Waals surface area (Å²) in [5.74, 6) is 0. The van der Waals surface area contributed by atoms with E-state index in [1.54, 1.807) is 0 Å². The van der Waals surface area contributed by atoms with Crippen LogP contribution in [0.25, 0.3) is 0 Å². The van der Waals surface area contributed by atoms with E-state index in [0.717, 1.165) is 43.5 Å². The monoisotopic (exact) mass is 232 g/mol. The second kappa shape index (κ2) is 8.60. The Morgan fingerprint density at radius 1 is 1.06 bits per heavy atom. The van der Waals surface area contributed by atoms with Crippen LogP contribution in [0.1, 0.15) is 31.2 Å². The molecule has 92 valence electrons. The van der Waals surface area contributed by atoms with Crippen molar-refractivity contribution in [3.8, 4) is 6.07 Å².